The van der Waals surface area contributed by atoms with E-state index >= 15 is 0 Å². The van der Waals surface area contributed by atoms with Crippen molar-refractivity contribution in [2.45, 2.75) is 32.4 Å². The summed E-state index contributed by atoms with van der Waals surface area (Å²) in [5.74, 6) is -1.13. The lowest BCUT2D eigenvalue weighted by Gasteiger charge is -2.35. The SMILES string of the molecule is Cc1nn(C)c(C)c1-c1csc([C@@H]2C[C@H](C(=O)Nc3ccc(F)c(Cl)c3)N(C)S(=O)(=O)N2)c1. The summed E-state index contributed by atoms with van der Waals surface area (Å²) in [6.07, 6.45) is 0.224. The molecule has 8 nitrogen and oxygen atoms in total. The Bertz CT molecular complexity index is 1340. The highest BCUT2D eigenvalue weighted by Gasteiger charge is 2.41. The Hall–Kier alpha value is -2.31. The van der Waals surface area contributed by atoms with Crippen LogP contribution >= 0.6 is 22.9 Å². The molecule has 0 radical (unpaired) electrons. The fourth-order valence-corrected chi connectivity index (χ4v) is 6.44. The predicted octanol–water partition coefficient (Wildman–Crippen LogP) is 3.78. The molecule has 0 bridgehead atoms. The van der Waals surface area contributed by atoms with Gasteiger partial charge in [-0.15, -0.1) is 11.3 Å². The van der Waals surface area contributed by atoms with Crippen LogP contribution in [-0.4, -0.2) is 41.5 Å². The lowest BCUT2D eigenvalue weighted by atomic mass is 10.0. The smallest absolute Gasteiger partial charge is 0.280 e. The summed E-state index contributed by atoms with van der Waals surface area (Å²) in [4.78, 5) is 13.8. The Kier molecular flexibility index (Phi) is 6.36. The minimum Gasteiger partial charge on any atom is -0.325 e. The lowest BCUT2D eigenvalue weighted by molar-refractivity contribution is -0.120. The van der Waals surface area contributed by atoms with Gasteiger partial charge in [-0.3, -0.25) is 9.48 Å². The van der Waals surface area contributed by atoms with Gasteiger partial charge in [-0.05, 0) is 55.5 Å². The largest absolute Gasteiger partial charge is 0.325 e. The number of carbonyl (C=O) groups is 1. The molecule has 0 aliphatic carbocycles. The van der Waals surface area contributed by atoms with Crippen LogP contribution in [0.2, 0.25) is 5.02 Å². The number of amides is 1. The maximum absolute atomic E-state index is 13.4. The van der Waals surface area contributed by atoms with Gasteiger partial charge in [-0.2, -0.15) is 22.5 Å². The van der Waals surface area contributed by atoms with Crippen molar-refractivity contribution in [2.24, 2.45) is 7.05 Å². The van der Waals surface area contributed by atoms with Gasteiger partial charge in [0.2, 0.25) is 5.91 Å². The summed E-state index contributed by atoms with van der Waals surface area (Å²) in [5.41, 5.74) is 4.15. The zero-order valence-electron chi connectivity index (χ0n) is 18.4. The third-order valence-electron chi connectivity index (χ3n) is 5.82. The van der Waals surface area contributed by atoms with Gasteiger partial charge in [-0.1, -0.05) is 11.6 Å². The van der Waals surface area contributed by atoms with Crippen LogP contribution in [0.3, 0.4) is 0 Å². The van der Waals surface area contributed by atoms with E-state index in [2.05, 4.69) is 15.1 Å². The molecule has 12 heteroatoms. The minimum atomic E-state index is -3.90. The molecule has 3 heterocycles. The number of carbonyl (C=O) groups excluding carboxylic acids is 1. The standard InChI is InChI=1S/C21H23ClFN5O3S2/c1-11-20(12(2)27(3)25-11)13-7-19(32-10-13)17-9-18(28(4)33(30,31)26-17)21(29)24-14-5-6-16(23)15(22)8-14/h5-8,10,17-18,26H,9H2,1-4H3,(H,24,29)/t17-,18+/m0/s1. The van der Waals surface area contributed by atoms with Gasteiger partial charge in [0.1, 0.15) is 11.9 Å². The molecule has 33 heavy (non-hydrogen) atoms. The molecular weight excluding hydrogens is 489 g/mol. The van der Waals surface area contributed by atoms with Gasteiger partial charge in [0.05, 0.1) is 16.8 Å². The number of rotatable bonds is 4. The number of hydrogen-bond donors (Lipinski definition) is 2. The van der Waals surface area contributed by atoms with Crippen molar-refractivity contribution in [3.63, 3.8) is 0 Å². The summed E-state index contributed by atoms with van der Waals surface area (Å²) in [6, 6.07) is 4.20. The number of anilines is 1. The van der Waals surface area contributed by atoms with Gasteiger partial charge in [0.25, 0.3) is 10.2 Å². The normalized spacial score (nSPS) is 20.7. The summed E-state index contributed by atoms with van der Waals surface area (Å²) in [6.45, 7) is 3.91. The van der Waals surface area contributed by atoms with E-state index in [1.165, 1.54) is 30.5 Å². The topological polar surface area (TPSA) is 96.3 Å². The first-order valence-corrected chi connectivity index (χ1v) is 12.8. The van der Waals surface area contributed by atoms with Crippen LogP contribution in [-0.2, 0) is 22.1 Å². The molecule has 2 aromatic heterocycles. The molecule has 1 saturated heterocycles. The molecule has 1 aliphatic rings. The number of hydrogen-bond acceptors (Lipinski definition) is 5. The number of aromatic nitrogens is 2. The second-order valence-corrected chi connectivity index (χ2v) is 11.1. The molecule has 1 fully saturated rings. The molecule has 4 rings (SSSR count). The van der Waals surface area contributed by atoms with Crippen LogP contribution in [0.15, 0.2) is 29.6 Å². The highest BCUT2D eigenvalue weighted by atomic mass is 35.5. The molecule has 1 aromatic carbocycles. The Morgan fingerprint density at radius 2 is 2.03 bits per heavy atom. The van der Waals surface area contributed by atoms with Crippen LogP contribution in [0.5, 0.6) is 0 Å². The second kappa shape index (κ2) is 8.80. The number of nitrogens with one attached hydrogen (secondary N) is 2. The Morgan fingerprint density at radius 1 is 1.30 bits per heavy atom. The zero-order chi connectivity index (χ0) is 24.1. The maximum atomic E-state index is 13.4. The molecule has 0 unspecified atom stereocenters. The lowest BCUT2D eigenvalue weighted by Crippen LogP contribution is -2.55. The van der Waals surface area contributed by atoms with Crippen LogP contribution < -0.4 is 10.0 Å². The van der Waals surface area contributed by atoms with Crippen LogP contribution in [0.1, 0.15) is 28.7 Å². The molecule has 0 saturated carbocycles. The van der Waals surface area contributed by atoms with Crippen LogP contribution in [0.4, 0.5) is 10.1 Å². The molecule has 2 N–H and O–H groups in total. The van der Waals surface area contributed by atoms with E-state index in [1.807, 2.05) is 37.0 Å². The monoisotopic (exact) mass is 511 g/mol. The van der Waals surface area contributed by atoms with Crippen molar-refractivity contribution < 1.29 is 17.6 Å². The van der Waals surface area contributed by atoms with E-state index in [0.717, 1.165) is 37.8 Å². The molecule has 1 aliphatic heterocycles. The van der Waals surface area contributed by atoms with Crippen molar-refractivity contribution >= 4 is 44.7 Å². The van der Waals surface area contributed by atoms with Gasteiger partial charge in [-0.25, -0.2) is 4.39 Å². The van der Waals surface area contributed by atoms with Gasteiger partial charge >= 0.3 is 0 Å². The number of thiophene rings is 1. The quantitative estimate of drug-likeness (QED) is 0.557. The number of aryl methyl sites for hydroxylation is 2. The number of nitrogens with zero attached hydrogens (tertiary/aromatic N) is 3. The molecule has 3 aromatic rings. The van der Waals surface area contributed by atoms with Crippen LogP contribution in [0, 0.1) is 19.7 Å². The Morgan fingerprint density at radius 3 is 2.67 bits per heavy atom. The zero-order valence-corrected chi connectivity index (χ0v) is 20.8. The first kappa shape index (κ1) is 23.8. The maximum Gasteiger partial charge on any atom is 0.280 e. The third kappa shape index (κ3) is 4.56. The van der Waals surface area contributed by atoms with Crippen molar-refractivity contribution in [3.8, 4) is 11.1 Å². The van der Waals surface area contributed by atoms with Crippen molar-refractivity contribution in [1.82, 2.24) is 18.8 Å². The summed E-state index contributed by atoms with van der Waals surface area (Å²) in [7, 11) is -0.675. The fourth-order valence-electron chi connectivity index (χ4n) is 3.95. The van der Waals surface area contributed by atoms with Gasteiger partial charge in [0, 0.05) is 35.9 Å². The summed E-state index contributed by atoms with van der Waals surface area (Å²) < 4.78 is 44.5. The van der Waals surface area contributed by atoms with Crippen molar-refractivity contribution in [3.05, 3.63) is 56.8 Å². The van der Waals surface area contributed by atoms with E-state index in [0.29, 0.717) is 0 Å². The van der Waals surface area contributed by atoms with E-state index in [1.54, 1.807) is 0 Å². The Balaban J connectivity index is 1.60. The number of likely N-dealkylation sites (N-methyl/N-ethyl adjacent to an activating group) is 1. The van der Waals surface area contributed by atoms with Gasteiger partial charge in [0.15, 0.2) is 0 Å². The average Bonchev–Trinajstić information content (AvgIpc) is 3.31. The molecular formula is C21H23ClFN5O3S2. The van der Waals surface area contributed by atoms with E-state index in [-0.39, 0.29) is 17.1 Å². The van der Waals surface area contributed by atoms with Gasteiger partial charge < -0.3 is 5.32 Å². The fraction of sp³-hybridized carbons (Fsp3) is 0.333. The van der Waals surface area contributed by atoms with Crippen LogP contribution in [0.25, 0.3) is 11.1 Å². The van der Waals surface area contributed by atoms with Crippen molar-refractivity contribution in [1.29, 1.82) is 0 Å². The first-order chi connectivity index (χ1) is 15.5. The van der Waals surface area contributed by atoms with Crippen molar-refractivity contribution in [2.75, 3.05) is 12.4 Å². The van der Waals surface area contributed by atoms with E-state index < -0.39 is 34.0 Å². The first-order valence-electron chi connectivity index (χ1n) is 10.1. The second-order valence-electron chi connectivity index (χ2n) is 7.97. The molecule has 176 valence electrons. The van der Waals surface area contributed by atoms with E-state index in [9.17, 15) is 17.6 Å². The highest BCUT2D eigenvalue weighted by molar-refractivity contribution is 7.87. The molecule has 2 atom stereocenters. The van der Waals surface area contributed by atoms with E-state index in [4.69, 9.17) is 11.6 Å². The number of benzene rings is 1. The predicted molar refractivity (Wildman–Crippen MR) is 127 cm³/mol. The summed E-state index contributed by atoms with van der Waals surface area (Å²) >= 11 is 7.22. The molecule has 0 spiro atoms. The average molecular weight is 512 g/mol. The molecule has 1 amide bonds. The number of halogens is 2. The Labute approximate surface area is 200 Å². The highest BCUT2D eigenvalue weighted by Crippen LogP contribution is 2.37. The minimum absolute atomic E-state index is 0.135. The third-order valence-corrected chi connectivity index (χ3v) is 8.75. The summed E-state index contributed by atoms with van der Waals surface area (Å²) in [5, 5.41) is 8.91.